The van der Waals surface area contributed by atoms with E-state index in [0.717, 1.165) is 31.0 Å². The molecule has 1 aromatic heterocycles. The molecule has 0 amide bonds. The van der Waals surface area contributed by atoms with Crippen molar-refractivity contribution in [3.05, 3.63) is 35.6 Å². The molecule has 1 heterocycles. The number of para-hydroxylation sites is 1. The maximum atomic E-state index is 5.97. The average molecular weight is 260 g/mol. The summed E-state index contributed by atoms with van der Waals surface area (Å²) in [5.74, 6) is 1.06. The maximum Gasteiger partial charge on any atom is 0.134 e. The van der Waals surface area contributed by atoms with Crippen LogP contribution in [-0.4, -0.2) is 31.6 Å². The first-order valence-electron chi connectivity index (χ1n) is 7.03. The molecule has 1 aromatic carbocycles. The third-order valence-corrected chi connectivity index (χ3v) is 3.76. The zero-order chi connectivity index (χ0) is 13.8. The van der Waals surface area contributed by atoms with Gasteiger partial charge in [0.1, 0.15) is 11.3 Å². The van der Waals surface area contributed by atoms with E-state index in [1.54, 1.807) is 0 Å². The number of aryl methyl sites for hydroxylation is 1. The second kappa shape index (κ2) is 6.22. The second-order valence-corrected chi connectivity index (χ2v) is 5.16. The molecular formula is C16H24N2O. The molecule has 0 radical (unpaired) electrons. The standard InChI is InChI=1S/C16H24N2O/c1-5-18(4)11-10-17-13(3)16-12(2)14-8-6-7-9-15(14)19-16/h6-9,13,17H,5,10-11H2,1-4H3. The van der Waals surface area contributed by atoms with Crippen LogP contribution in [0.15, 0.2) is 28.7 Å². The van der Waals surface area contributed by atoms with Crippen molar-refractivity contribution in [3.8, 4) is 0 Å². The fourth-order valence-electron chi connectivity index (χ4n) is 2.33. The van der Waals surface area contributed by atoms with Crippen LogP contribution in [0.4, 0.5) is 0 Å². The summed E-state index contributed by atoms with van der Waals surface area (Å²) in [7, 11) is 2.14. The highest BCUT2D eigenvalue weighted by Crippen LogP contribution is 2.28. The highest BCUT2D eigenvalue weighted by atomic mass is 16.3. The summed E-state index contributed by atoms with van der Waals surface area (Å²) in [5.41, 5.74) is 2.23. The number of nitrogens with zero attached hydrogens (tertiary/aromatic N) is 1. The van der Waals surface area contributed by atoms with Crippen molar-refractivity contribution in [1.29, 1.82) is 0 Å². The highest BCUT2D eigenvalue weighted by Gasteiger charge is 2.15. The van der Waals surface area contributed by atoms with E-state index in [1.165, 1.54) is 10.9 Å². The first kappa shape index (κ1) is 14.1. The molecule has 0 saturated heterocycles. The molecule has 3 heteroatoms. The summed E-state index contributed by atoms with van der Waals surface area (Å²) in [6.07, 6.45) is 0. The van der Waals surface area contributed by atoms with Crippen LogP contribution >= 0.6 is 0 Å². The predicted molar refractivity (Wildman–Crippen MR) is 80.5 cm³/mol. The van der Waals surface area contributed by atoms with Gasteiger partial charge < -0.3 is 14.6 Å². The molecule has 1 N–H and O–H groups in total. The number of benzene rings is 1. The van der Waals surface area contributed by atoms with Gasteiger partial charge in [-0.05, 0) is 39.1 Å². The summed E-state index contributed by atoms with van der Waals surface area (Å²) in [6.45, 7) is 9.59. The Morgan fingerprint density at radius 1 is 1.32 bits per heavy atom. The minimum Gasteiger partial charge on any atom is -0.459 e. The van der Waals surface area contributed by atoms with Gasteiger partial charge in [-0.2, -0.15) is 0 Å². The largest absolute Gasteiger partial charge is 0.459 e. The van der Waals surface area contributed by atoms with E-state index in [9.17, 15) is 0 Å². The molecule has 1 unspecified atom stereocenters. The maximum absolute atomic E-state index is 5.97. The average Bonchev–Trinajstić information content (AvgIpc) is 2.76. The Bertz CT molecular complexity index is 533. The second-order valence-electron chi connectivity index (χ2n) is 5.16. The van der Waals surface area contributed by atoms with Crippen LogP contribution in [0.5, 0.6) is 0 Å². The van der Waals surface area contributed by atoms with Crippen molar-refractivity contribution in [2.45, 2.75) is 26.8 Å². The Hall–Kier alpha value is -1.32. The molecule has 1 atom stereocenters. The van der Waals surface area contributed by atoms with Crippen LogP contribution in [0.1, 0.15) is 31.2 Å². The number of likely N-dealkylation sites (N-methyl/N-ethyl adjacent to an activating group) is 1. The van der Waals surface area contributed by atoms with Gasteiger partial charge in [0.2, 0.25) is 0 Å². The lowest BCUT2D eigenvalue weighted by Gasteiger charge is -2.17. The Balaban J connectivity index is 2.05. The van der Waals surface area contributed by atoms with Crippen molar-refractivity contribution in [2.75, 3.05) is 26.7 Å². The van der Waals surface area contributed by atoms with Crippen LogP contribution in [0.3, 0.4) is 0 Å². The number of hydrogen-bond donors (Lipinski definition) is 1. The highest BCUT2D eigenvalue weighted by molar-refractivity contribution is 5.82. The smallest absolute Gasteiger partial charge is 0.134 e. The van der Waals surface area contributed by atoms with E-state index in [4.69, 9.17) is 4.42 Å². The molecule has 104 valence electrons. The zero-order valence-electron chi connectivity index (χ0n) is 12.4. The van der Waals surface area contributed by atoms with E-state index in [2.05, 4.69) is 50.2 Å². The van der Waals surface area contributed by atoms with E-state index >= 15 is 0 Å². The molecular weight excluding hydrogens is 236 g/mol. The molecule has 0 aliphatic rings. The fourth-order valence-corrected chi connectivity index (χ4v) is 2.33. The lowest BCUT2D eigenvalue weighted by atomic mass is 10.1. The molecule has 2 aromatic rings. The van der Waals surface area contributed by atoms with Gasteiger partial charge in [0.05, 0.1) is 6.04 Å². The third kappa shape index (κ3) is 3.17. The lowest BCUT2D eigenvalue weighted by Crippen LogP contribution is -2.30. The minimum atomic E-state index is 0.248. The van der Waals surface area contributed by atoms with Crippen molar-refractivity contribution in [3.63, 3.8) is 0 Å². The van der Waals surface area contributed by atoms with Gasteiger partial charge in [0, 0.05) is 18.5 Å². The Labute approximate surface area is 115 Å². The van der Waals surface area contributed by atoms with Crippen molar-refractivity contribution >= 4 is 11.0 Å². The summed E-state index contributed by atoms with van der Waals surface area (Å²) in [5, 5.41) is 4.75. The summed E-state index contributed by atoms with van der Waals surface area (Å²) >= 11 is 0. The van der Waals surface area contributed by atoms with Gasteiger partial charge in [-0.25, -0.2) is 0 Å². The van der Waals surface area contributed by atoms with Crippen LogP contribution in [-0.2, 0) is 0 Å². The number of nitrogens with one attached hydrogen (secondary N) is 1. The van der Waals surface area contributed by atoms with E-state index in [-0.39, 0.29) is 6.04 Å². The topological polar surface area (TPSA) is 28.4 Å². The Kier molecular flexibility index (Phi) is 4.61. The van der Waals surface area contributed by atoms with Gasteiger partial charge in [-0.15, -0.1) is 0 Å². The Morgan fingerprint density at radius 3 is 2.74 bits per heavy atom. The van der Waals surface area contributed by atoms with Gasteiger partial charge in [-0.1, -0.05) is 25.1 Å². The van der Waals surface area contributed by atoms with E-state index in [0.29, 0.717) is 0 Å². The van der Waals surface area contributed by atoms with Crippen molar-refractivity contribution in [1.82, 2.24) is 10.2 Å². The number of hydrogen-bond acceptors (Lipinski definition) is 3. The molecule has 19 heavy (non-hydrogen) atoms. The molecule has 0 spiro atoms. The normalized spacial score (nSPS) is 13.3. The van der Waals surface area contributed by atoms with E-state index in [1.807, 2.05) is 12.1 Å². The summed E-state index contributed by atoms with van der Waals surface area (Å²) in [4.78, 5) is 2.30. The van der Waals surface area contributed by atoms with Crippen molar-refractivity contribution in [2.24, 2.45) is 0 Å². The Morgan fingerprint density at radius 2 is 2.05 bits per heavy atom. The quantitative estimate of drug-likeness (QED) is 0.863. The minimum absolute atomic E-state index is 0.248. The molecule has 0 aliphatic heterocycles. The molecule has 0 fully saturated rings. The summed E-state index contributed by atoms with van der Waals surface area (Å²) in [6, 6.07) is 8.47. The fraction of sp³-hybridized carbons (Fsp3) is 0.500. The van der Waals surface area contributed by atoms with Crippen LogP contribution in [0, 0.1) is 6.92 Å². The van der Waals surface area contributed by atoms with Gasteiger partial charge in [0.25, 0.3) is 0 Å². The van der Waals surface area contributed by atoms with E-state index < -0.39 is 0 Å². The third-order valence-electron chi connectivity index (χ3n) is 3.76. The van der Waals surface area contributed by atoms with Crippen molar-refractivity contribution < 1.29 is 4.42 Å². The SMILES string of the molecule is CCN(C)CCNC(C)c1oc2ccccc2c1C. The van der Waals surface area contributed by atoms with Crippen LogP contribution in [0.2, 0.25) is 0 Å². The molecule has 0 aliphatic carbocycles. The monoisotopic (exact) mass is 260 g/mol. The number of fused-ring (bicyclic) bond motifs is 1. The van der Waals surface area contributed by atoms with Gasteiger partial charge >= 0.3 is 0 Å². The predicted octanol–water partition coefficient (Wildman–Crippen LogP) is 3.34. The molecule has 3 nitrogen and oxygen atoms in total. The molecule has 0 bridgehead atoms. The molecule has 2 rings (SSSR count). The number of rotatable bonds is 6. The van der Waals surface area contributed by atoms with Crippen LogP contribution < -0.4 is 5.32 Å². The number of furan rings is 1. The van der Waals surface area contributed by atoms with Gasteiger partial charge in [-0.3, -0.25) is 0 Å². The van der Waals surface area contributed by atoms with Gasteiger partial charge in [0.15, 0.2) is 0 Å². The lowest BCUT2D eigenvalue weighted by molar-refractivity contribution is 0.335. The summed E-state index contributed by atoms with van der Waals surface area (Å²) < 4.78 is 5.97. The zero-order valence-corrected chi connectivity index (χ0v) is 12.4. The first-order valence-corrected chi connectivity index (χ1v) is 7.03. The molecule has 0 saturated carbocycles. The first-order chi connectivity index (χ1) is 9.13. The van der Waals surface area contributed by atoms with Crippen LogP contribution in [0.25, 0.3) is 11.0 Å².